The monoisotopic (exact) mass is 715 g/mol. The van der Waals surface area contributed by atoms with Gasteiger partial charge in [0.25, 0.3) is 0 Å². The molecule has 0 aliphatic rings. The van der Waals surface area contributed by atoms with E-state index in [0.29, 0.717) is 0 Å². The van der Waals surface area contributed by atoms with Crippen LogP contribution in [0.4, 0.5) is 13.2 Å². The fourth-order valence-electron chi connectivity index (χ4n) is 8.29. The summed E-state index contributed by atoms with van der Waals surface area (Å²) in [4.78, 5) is 0. The molecule has 0 saturated carbocycles. The third kappa shape index (κ3) is 5.57. The Hall–Kier alpha value is -6.91. The van der Waals surface area contributed by atoms with Gasteiger partial charge < -0.3 is 4.57 Å². The fraction of sp³-hybridized carbons (Fsp3) is 0.0196. The van der Waals surface area contributed by atoms with Crippen LogP contribution in [0.2, 0.25) is 0 Å². The third-order valence-corrected chi connectivity index (χ3v) is 10.8. The number of aromatic nitrogens is 1. The lowest BCUT2D eigenvalue weighted by atomic mass is 9.86. The molecule has 0 fully saturated rings. The average Bonchev–Trinajstić information content (AvgIpc) is 3.56. The Morgan fingerprint density at radius 2 is 0.745 bits per heavy atom. The van der Waals surface area contributed by atoms with Gasteiger partial charge in [0.05, 0.1) is 16.6 Å². The smallest absolute Gasteiger partial charge is 0.309 e. The average molecular weight is 716 g/mol. The van der Waals surface area contributed by atoms with E-state index in [0.717, 1.165) is 67.4 Å². The SMILES string of the molecule is FC(F)(F)c1ccc(-c2cccc(-c3ccc4c(c3)c3ccccc3n4-c3ccc(-c4c5ccccc5c(-c5ccccc5)c5ccccc45)cc3)c2)cc1. The van der Waals surface area contributed by atoms with Crippen LogP contribution in [0.15, 0.2) is 194 Å². The zero-order valence-electron chi connectivity index (χ0n) is 29.6. The second kappa shape index (κ2) is 12.9. The predicted octanol–water partition coefficient (Wildman–Crippen LogP) is 14.8. The van der Waals surface area contributed by atoms with Crippen molar-refractivity contribution in [2.45, 2.75) is 6.18 Å². The number of fused-ring (bicyclic) bond motifs is 5. The highest BCUT2D eigenvalue weighted by molar-refractivity contribution is 6.21. The molecule has 10 rings (SSSR count). The van der Waals surface area contributed by atoms with Gasteiger partial charge in [0.15, 0.2) is 0 Å². The van der Waals surface area contributed by atoms with E-state index in [-0.39, 0.29) is 0 Å². The van der Waals surface area contributed by atoms with Gasteiger partial charge in [0, 0.05) is 16.5 Å². The van der Waals surface area contributed by atoms with Gasteiger partial charge in [0.2, 0.25) is 0 Å². The molecule has 0 N–H and O–H groups in total. The van der Waals surface area contributed by atoms with E-state index in [1.54, 1.807) is 0 Å². The minimum absolute atomic E-state index is 0.650. The van der Waals surface area contributed by atoms with E-state index in [9.17, 15) is 13.2 Å². The van der Waals surface area contributed by atoms with Gasteiger partial charge in [0.1, 0.15) is 0 Å². The standard InChI is InChI=1S/C51H32F3N/c52-51(53,54)39-26-21-33(22-27-39)36-13-10-14-37(31-36)38-25-30-48-46(32-38)41-15-8-9-20-47(41)55(48)40-28-23-35(24-29-40)50-44-18-6-4-16-42(44)49(34-11-2-1-3-12-34)43-17-5-7-19-45(43)50/h1-32H. The van der Waals surface area contributed by atoms with Crippen molar-refractivity contribution in [3.63, 3.8) is 0 Å². The van der Waals surface area contributed by atoms with Crippen LogP contribution in [0.25, 0.3) is 93.5 Å². The maximum absolute atomic E-state index is 13.2. The molecule has 1 heterocycles. The van der Waals surface area contributed by atoms with Crippen LogP contribution < -0.4 is 0 Å². The summed E-state index contributed by atoms with van der Waals surface area (Å²) < 4.78 is 41.9. The molecule has 0 bridgehead atoms. The number of alkyl halides is 3. The molecule has 10 aromatic rings. The maximum atomic E-state index is 13.2. The number of hydrogen-bond donors (Lipinski definition) is 0. The Morgan fingerprint density at radius 1 is 0.309 bits per heavy atom. The first-order chi connectivity index (χ1) is 26.9. The van der Waals surface area contributed by atoms with Gasteiger partial charge in [-0.05, 0) is 115 Å². The number of benzene rings is 9. The van der Waals surface area contributed by atoms with Crippen LogP contribution in [0.1, 0.15) is 5.56 Å². The molecule has 1 nitrogen and oxygen atoms in total. The molecule has 1 aromatic heterocycles. The van der Waals surface area contributed by atoms with Crippen LogP contribution in [-0.2, 0) is 6.18 Å². The number of nitrogens with zero attached hydrogens (tertiary/aromatic N) is 1. The van der Waals surface area contributed by atoms with E-state index < -0.39 is 11.7 Å². The molecule has 262 valence electrons. The van der Waals surface area contributed by atoms with Gasteiger partial charge >= 0.3 is 6.18 Å². The van der Waals surface area contributed by atoms with Gasteiger partial charge in [-0.25, -0.2) is 0 Å². The molecular weight excluding hydrogens is 684 g/mol. The number of halogens is 3. The summed E-state index contributed by atoms with van der Waals surface area (Å²) in [5.41, 5.74) is 11.1. The van der Waals surface area contributed by atoms with Crippen molar-refractivity contribution >= 4 is 43.4 Å². The second-order valence-electron chi connectivity index (χ2n) is 14.0. The van der Waals surface area contributed by atoms with E-state index in [1.807, 2.05) is 24.3 Å². The molecular formula is C51H32F3N. The second-order valence-corrected chi connectivity index (χ2v) is 14.0. The van der Waals surface area contributed by atoms with E-state index in [1.165, 1.54) is 50.4 Å². The van der Waals surface area contributed by atoms with Crippen molar-refractivity contribution in [2.24, 2.45) is 0 Å². The first kappa shape index (κ1) is 32.7. The zero-order chi connectivity index (χ0) is 37.1. The fourth-order valence-corrected chi connectivity index (χ4v) is 8.29. The van der Waals surface area contributed by atoms with Crippen molar-refractivity contribution in [1.29, 1.82) is 0 Å². The molecule has 0 atom stereocenters. The van der Waals surface area contributed by atoms with Crippen LogP contribution in [0.3, 0.4) is 0 Å². The first-order valence-corrected chi connectivity index (χ1v) is 18.3. The summed E-state index contributed by atoms with van der Waals surface area (Å²) in [6.07, 6.45) is -4.37. The maximum Gasteiger partial charge on any atom is 0.416 e. The third-order valence-electron chi connectivity index (χ3n) is 10.8. The molecule has 4 heteroatoms. The molecule has 0 saturated heterocycles. The van der Waals surface area contributed by atoms with Gasteiger partial charge in [-0.3, -0.25) is 0 Å². The summed E-state index contributed by atoms with van der Waals surface area (Å²) in [6.45, 7) is 0. The minimum atomic E-state index is -4.37. The van der Waals surface area contributed by atoms with Crippen molar-refractivity contribution in [3.8, 4) is 50.2 Å². The Kier molecular flexibility index (Phi) is 7.67. The number of rotatable bonds is 5. The van der Waals surface area contributed by atoms with Gasteiger partial charge in [-0.15, -0.1) is 0 Å². The number of para-hydroxylation sites is 1. The highest BCUT2D eigenvalue weighted by Gasteiger charge is 2.30. The molecule has 0 spiro atoms. The number of hydrogen-bond acceptors (Lipinski definition) is 0. The quantitative estimate of drug-likeness (QED) is 0.156. The molecule has 9 aromatic carbocycles. The highest BCUT2D eigenvalue weighted by Crippen LogP contribution is 2.44. The summed E-state index contributed by atoms with van der Waals surface area (Å²) >= 11 is 0. The van der Waals surface area contributed by atoms with Crippen LogP contribution in [-0.4, -0.2) is 4.57 Å². The van der Waals surface area contributed by atoms with Gasteiger partial charge in [-0.1, -0.05) is 146 Å². The normalized spacial score (nSPS) is 11.9. The van der Waals surface area contributed by atoms with E-state index >= 15 is 0 Å². The molecule has 0 aliphatic heterocycles. The topological polar surface area (TPSA) is 4.93 Å². The summed E-state index contributed by atoms with van der Waals surface area (Å²) in [7, 11) is 0. The van der Waals surface area contributed by atoms with Crippen molar-refractivity contribution in [3.05, 3.63) is 200 Å². The minimum Gasteiger partial charge on any atom is -0.309 e. The van der Waals surface area contributed by atoms with E-state index in [2.05, 4.69) is 150 Å². The Bertz CT molecular complexity index is 2990. The Balaban J connectivity index is 1.07. The lowest BCUT2D eigenvalue weighted by molar-refractivity contribution is -0.137. The highest BCUT2D eigenvalue weighted by atomic mass is 19.4. The zero-order valence-corrected chi connectivity index (χ0v) is 29.6. The lowest BCUT2D eigenvalue weighted by Crippen LogP contribution is -2.03. The van der Waals surface area contributed by atoms with Crippen molar-refractivity contribution in [1.82, 2.24) is 4.57 Å². The predicted molar refractivity (Wildman–Crippen MR) is 223 cm³/mol. The van der Waals surface area contributed by atoms with Crippen molar-refractivity contribution < 1.29 is 13.2 Å². The molecule has 55 heavy (non-hydrogen) atoms. The Labute approximate surface area is 316 Å². The summed E-state index contributed by atoms with van der Waals surface area (Å²) in [6, 6.07) is 65.4. The summed E-state index contributed by atoms with van der Waals surface area (Å²) in [5, 5.41) is 7.18. The first-order valence-electron chi connectivity index (χ1n) is 18.3. The van der Waals surface area contributed by atoms with E-state index in [4.69, 9.17) is 0 Å². The molecule has 0 radical (unpaired) electrons. The van der Waals surface area contributed by atoms with Crippen LogP contribution in [0.5, 0.6) is 0 Å². The molecule has 0 amide bonds. The molecule has 0 unspecified atom stereocenters. The lowest BCUT2D eigenvalue weighted by Gasteiger charge is -2.18. The largest absolute Gasteiger partial charge is 0.416 e. The van der Waals surface area contributed by atoms with Crippen molar-refractivity contribution in [2.75, 3.05) is 0 Å². The van der Waals surface area contributed by atoms with Gasteiger partial charge in [-0.2, -0.15) is 13.2 Å². The van der Waals surface area contributed by atoms with Crippen LogP contribution >= 0.6 is 0 Å². The summed E-state index contributed by atoms with van der Waals surface area (Å²) in [5.74, 6) is 0. The molecule has 0 aliphatic carbocycles. The van der Waals surface area contributed by atoms with Crippen LogP contribution in [0, 0.1) is 0 Å². The Morgan fingerprint density at radius 3 is 1.35 bits per heavy atom.